The number of aliphatic hydroxyl groups is 1. The van der Waals surface area contributed by atoms with E-state index in [4.69, 9.17) is 5.11 Å². The predicted molar refractivity (Wildman–Crippen MR) is 82.4 cm³/mol. The van der Waals surface area contributed by atoms with Gasteiger partial charge in [0.1, 0.15) is 6.61 Å². The number of aliphatic hydroxyl groups excluding tert-OH is 1. The van der Waals surface area contributed by atoms with E-state index in [0.717, 1.165) is 25.2 Å². The summed E-state index contributed by atoms with van der Waals surface area (Å²) < 4.78 is 0. The summed E-state index contributed by atoms with van der Waals surface area (Å²) in [5, 5.41) is 13.0. The zero-order valence-electron chi connectivity index (χ0n) is 10.9. The highest BCUT2D eigenvalue weighted by atomic mass is 32.1. The normalized spacial score (nSPS) is 10.5. The number of hydrogen-bond acceptors (Lipinski definition) is 4. The van der Waals surface area contributed by atoms with Crippen LogP contribution < -0.4 is 0 Å². The Morgan fingerprint density at radius 2 is 2.11 bits per heavy atom. The molecule has 19 heavy (non-hydrogen) atoms. The third kappa shape index (κ3) is 4.19. The number of hydrogen-bond donors (Lipinski definition) is 1. The first kappa shape index (κ1) is 14.3. The van der Waals surface area contributed by atoms with Gasteiger partial charge in [0, 0.05) is 28.4 Å². The first-order chi connectivity index (χ1) is 9.33. The maximum atomic E-state index is 8.78. The summed E-state index contributed by atoms with van der Waals surface area (Å²) in [6, 6.07) is 6.30. The van der Waals surface area contributed by atoms with Gasteiger partial charge in [-0.2, -0.15) is 0 Å². The molecule has 4 heteroatoms. The minimum absolute atomic E-state index is 0.0814. The first-order valence-corrected chi connectivity index (χ1v) is 8.00. The molecular formula is C15H17NOS2. The molecule has 1 N–H and O–H groups in total. The smallest absolute Gasteiger partial charge is 0.104 e. The third-order valence-electron chi connectivity index (χ3n) is 2.82. The highest BCUT2D eigenvalue weighted by Gasteiger charge is 2.09. The molecule has 0 unspecified atom stereocenters. The lowest BCUT2D eigenvalue weighted by molar-refractivity contribution is 0.276. The minimum Gasteiger partial charge on any atom is -0.384 e. The maximum absolute atomic E-state index is 8.78. The Hall–Kier alpha value is -1.12. The van der Waals surface area contributed by atoms with Crippen LogP contribution in [0.15, 0.2) is 29.0 Å². The highest BCUT2D eigenvalue weighted by Crippen LogP contribution is 2.20. The van der Waals surface area contributed by atoms with Crippen LogP contribution in [0.3, 0.4) is 0 Å². The van der Waals surface area contributed by atoms with Crippen molar-refractivity contribution < 1.29 is 5.11 Å². The SMILES string of the molecule is CCN(Cc1cccs1)Cc1sccc1C#CCO. The molecule has 0 spiro atoms. The zero-order chi connectivity index (χ0) is 13.5. The Balaban J connectivity index is 2.04. The van der Waals surface area contributed by atoms with Crippen LogP contribution >= 0.6 is 22.7 Å². The lowest BCUT2D eigenvalue weighted by atomic mass is 10.2. The van der Waals surface area contributed by atoms with E-state index in [1.54, 1.807) is 22.7 Å². The summed E-state index contributed by atoms with van der Waals surface area (Å²) >= 11 is 3.53. The van der Waals surface area contributed by atoms with Gasteiger partial charge in [0.25, 0.3) is 0 Å². The Labute approximate surface area is 122 Å². The second-order valence-corrected chi connectivity index (χ2v) is 6.13. The van der Waals surface area contributed by atoms with Crippen LogP contribution in [-0.4, -0.2) is 23.2 Å². The first-order valence-electron chi connectivity index (χ1n) is 6.24. The van der Waals surface area contributed by atoms with Crippen molar-refractivity contribution in [1.82, 2.24) is 4.90 Å². The monoisotopic (exact) mass is 291 g/mol. The largest absolute Gasteiger partial charge is 0.384 e. The third-order valence-corrected chi connectivity index (χ3v) is 4.59. The molecular weight excluding hydrogens is 274 g/mol. The van der Waals surface area contributed by atoms with E-state index >= 15 is 0 Å². The summed E-state index contributed by atoms with van der Waals surface area (Å²) in [5.74, 6) is 5.74. The summed E-state index contributed by atoms with van der Waals surface area (Å²) in [5.41, 5.74) is 1.05. The van der Waals surface area contributed by atoms with E-state index in [-0.39, 0.29) is 6.61 Å². The summed E-state index contributed by atoms with van der Waals surface area (Å²) in [6.07, 6.45) is 0. The van der Waals surface area contributed by atoms with Gasteiger partial charge in [-0.15, -0.1) is 22.7 Å². The van der Waals surface area contributed by atoms with Crippen LogP contribution in [-0.2, 0) is 13.1 Å². The number of nitrogens with zero attached hydrogens (tertiary/aromatic N) is 1. The van der Waals surface area contributed by atoms with E-state index in [2.05, 4.69) is 46.6 Å². The van der Waals surface area contributed by atoms with Crippen LogP contribution in [0.4, 0.5) is 0 Å². The van der Waals surface area contributed by atoms with Gasteiger partial charge < -0.3 is 5.11 Å². The van der Waals surface area contributed by atoms with E-state index < -0.39 is 0 Å². The number of rotatable bonds is 5. The van der Waals surface area contributed by atoms with Crippen molar-refractivity contribution in [2.75, 3.05) is 13.2 Å². The minimum atomic E-state index is -0.0814. The molecule has 0 bridgehead atoms. The van der Waals surface area contributed by atoms with E-state index in [9.17, 15) is 0 Å². The molecule has 2 aromatic rings. The maximum Gasteiger partial charge on any atom is 0.104 e. The van der Waals surface area contributed by atoms with Gasteiger partial charge in [0.15, 0.2) is 0 Å². The summed E-state index contributed by atoms with van der Waals surface area (Å²) in [6.45, 7) is 5.02. The molecule has 0 radical (unpaired) electrons. The topological polar surface area (TPSA) is 23.5 Å². The summed E-state index contributed by atoms with van der Waals surface area (Å²) in [4.78, 5) is 5.07. The van der Waals surface area contributed by atoms with Crippen LogP contribution in [0, 0.1) is 11.8 Å². The molecule has 0 aliphatic rings. The molecule has 0 saturated heterocycles. The van der Waals surface area contributed by atoms with Crippen molar-refractivity contribution >= 4 is 22.7 Å². The molecule has 0 aromatic carbocycles. The molecule has 0 saturated carbocycles. The van der Waals surface area contributed by atoms with Crippen molar-refractivity contribution in [2.24, 2.45) is 0 Å². The van der Waals surface area contributed by atoms with Gasteiger partial charge in [-0.1, -0.05) is 24.8 Å². The molecule has 2 nitrogen and oxygen atoms in total. The zero-order valence-corrected chi connectivity index (χ0v) is 12.6. The average molecular weight is 291 g/mol. The average Bonchev–Trinajstić information content (AvgIpc) is 3.07. The quantitative estimate of drug-likeness (QED) is 0.855. The van der Waals surface area contributed by atoms with Crippen LogP contribution in [0.2, 0.25) is 0 Å². The molecule has 0 atom stereocenters. The Morgan fingerprint density at radius 3 is 2.79 bits per heavy atom. The fourth-order valence-corrected chi connectivity index (χ4v) is 3.43. The predicted octanol–water partition coefficient (Wildman–Crippen LogP) is 3.18. The number of thiophene rings is 2. The van der Waals surface area contributed by atoms with E-state index in [0.29, 0.717) is 0 Å². The van der Waals surface area contributed by atoms with Crippen LogP contribution in [0.25, 0.3) is 0 Å². The highest BCUT2D eigenvalue weighted by molar-refractivity contribution is 7.10. The van der Waals surface area contributed by atoms with Gasteiger partial charge in [0.05, 0.1) is 0 Å². The Kier molecular flexibility index (Phi) is 5.62. The molecule has 0 aliphatic carbocycles. The molecule has 0 fully saturated rings. The van der Waals surface area contributed by atoms with Crippen molar-refractivity contribution in [3.63, 3.8) is 0 Å². The second kappa shape index (κ2) is 7.46. The van der Waals surface area contributed by atoms with Crippen LogP contribution in [0.5, 0.6) is 0 Å². The molecule has 100 valence electrons. The summed E-state index contributed by atoms with van der Waals surface area (Å²) in [7, 11) is 0. The van der Waals surface area contributed by atoms with Gasteiger partial charge in [0.2, 0.25) is 0 Å². The van der Waals surface area contributed by atoms with Crippen molar-refractivity contribution in [3.8, 4) is 11.8 Å². The standard InChI is InChI=1S/C15H17NOS2/c1-2-16(11-14-6-4-9-18-14)12-15-13(5-3-8-17)7-10-19-15/h4,6-7,9-10,17H,2,8,11-12H2,1H3. The molecule has 2 rings (SSSR count). The molecule has 2 heterocycles. The van der Waals surface area contributed by atoms with Crippen molar-refractivity contribution in [2.45, 2.75) is 20.0 Å². The Bertz CT molecular complexity index is 548. The van der Waals surface area contributed by atoms with Crippen molar-refractivity contribution in [1.29, 1.82) is 0 Å². The van der Waals surface area contributed by atoms with Gasteiger partial charge in [-0.25, -0.2) is 0 Å². The fourth-order valence-electron chi connectivity index (χ4n) is 1.81. The van der Waals surface area contributed by atoms with Crippen molar-refractivity contribution in [3.05, 3.63) is 44.3 Å². The fraction of sp³-hybridized carbons (Fsp3) is 0.333. The Morgan fingerprint density at radius 1 is 1.21 bits per heavy atom. The lowest BCUT2D eigenvalue weighted by Gasteiger charge is -2.19. The molecule has 0 amide bonds. The van der Waals surface area contributed by atoms with Crippen LogP contribution in [0.1, 0.15) is 22.2 Å². The molecule has 2 aromatic heterocycles. The lowest BCUT2D eigenvalue weighted by Crippen LogP contribution is -2.21. The second-order valence-electron chi connectivity index (χ2n) is 4.10. The van der Waals surface area contributed by atoms with Gasteiger partial charge in [-0.05, 0) is 29.4 Å². The van der Waals surface area contributed by atoms with Gasteiger partial charge in [-0.3, -0.25) is 4.90 Å². The van der Waals surface area contributed by atoms with E-state index in [1.807, 2.05) is 6.07 Å². The van der Waals surface area contributed by atoms with E-state index in [1.165, 1.54) is 9.75 Å². The molecule has 0 aliphatic heterocycles. The van der Waals surface area contributed by atoms with Gasteiger partial charge >= 0.3 is 0 Å².